The maximum absolute atomic E-state index is 12.5. The molecule has 0 unspecified atom stereocenters. The molecule has 0 aliphatic rings. The van der Waals surface area contributed by atoms with Gasteiger partial charge in [0.1, 0.15) is 5.56 Å². The Morgan fingerprint density at radius 1 is 1.45 bits per heavy atom. The van der Waals surface area contributed by atoms with E-state index in [0.717, 1.165) is 0 Å². The first-order valence-corrected chi connectivity index (χ1v) is 6.02. The fourth-order valence-electron chi connectivity index (χ4n) is 2.12. The van der Waals surface area contributed by atoms with Crippen LogP contribution in [0, 0.1) is 6.92 Å². The van der Waals surface area contributed by atoms with E-state index in [4.69, 9.17) is 10.5 Å². The summed E-state index contributed by atoms with van der Waals surface area (Å²) in [5.41, 5.74) is 6.63. The highest BCUT2D eigenvalue weighted by Crippen LogP contribution is 2.18. The van der Waals surface area contributed by atoms with Crippen LogP contribution in [0.2, 0.25) is 0 Å². The lowest BCUT2D eigenvalue weighted by atomic mass is 10.0. The van der Waals surface area contributed by atoms with Crippen molar-refractivity contribution in [3.63, 3.8) is 0 Å². The summed E-state index contributed by atoms with van der Waals surface area (Å²) in [4.78, 5) is 31.2. The van der Waals surface area contributed by atoms with Gasteiger partial charge >= 0.3 is 0 Å². The number of carbonyl (C=O) groups is 1. The van der Waals surface area contributed by atoms with Gasteiger partial charge in [-0.2, -0.15) is 0 Å². The van der Waals surface area contributed by atoms with Crippen molar-refractivity contribution in [1.29, 1.82) is 0 Å². The lowest BCUT2D eigenvalue weighted by Gasteiger charge is -2.11. The second kappa shape index (κ2) is 5.66. The number of nitrogens with two attached hydrogens (primary N) is 1. The van der Waals surface area contributed by atoms with Crippen LogP contribution in [-0.2, 0) is 11.3 Å². The molecular formula is C14H15N3O3. The number of nitrogens with one attached hydrogen (secondary N) is 1. The van der Waals surface area contributed by atoms with Gasteiger partial charge in [0.25, 0.3) is 5.91 Å². The molecule has 2 heterocycles. The molecule has 0 aliphatic heterocycles. The fraction of sp³-hybridized carbons (Fsp3) is 0.214. The Morgan fingerprint density at radius 2 is 2.20 bits per heavy atom. The summed E-state index contributed by atoms with van der Waals surface area (Å²) in [5, 5.41) is 0. The Bertz CT molecular complexity index is 693. The second-order valence-corrected chi connectivity index (χ2v) is 4.32. The van der Waals surface area contributed by atoms with Gasteiger partial charge in [0.2, 0.25) is 5.43 Å². The van der Waals surface area contributed by atoms with Gasteiger partial charge in [0.05, 0.1) is 23.6 Å². The SMILES string of the molecule is COCc1[nH]c(C)c(-c2ccccn2)c(=O)c1C(N)=O. The van der Waals surface area contributed by atoms with Gasteiger partial charge in [-0.1, -0.05) is 6.07 Å². The number of aromatic amines is 1. The first-order valence-electron chi connectivity index (χ1n) is 6.02. The number of ether oxygens (including phenoxy) is 1. The topological polar surface area (TPSA) is 98.1 Å². The first kappa shape index (κ1) is 14.0. The molecule has 0 spiro atoms. The van der Waals surface area contributed by atoms with Crippen molar-refractivity contribution in [2.24, 2.45) is 5.73 Å². The van der Waals surface area contributed by atoms with E-state index in [-0.39, 0.29) is 12.2 Å². The van der Waals surface area contributed by atoms with Crippen LogP contribution in [0.25, 0.3) is 11.3 Å². The van der Waals surface area contributed by atoms with E-state index < -0.39 is 11.3 Å². The van der Waals surface area contributed by atoms with Crippen LogP contribution in [0.3, 0.4) is 0 Å². The molecule has 6 heteroatoms. The minimum Gasteiger partial charge on any atom is -0.378 e. The number of aromatic nitrogens is 2. The van der Waals surface area contributed by atoms with E-state index in [1.54, 1.807) is 31.3 Å². The zero-order valence-corrected chi connectivity index (χ0v) is 11.3. The molecule has 0 aliphatic carbocycles. The third-order valence-electron chi connectivity index (χ3n) is 2.93. The summed E-state index contributed by atoms with van der Waals surface area (Å²) >= 11 is 0. The van der Waals surface area contributed by atoms with Crippen LogP contribution in [0.4, 0.5) is 0 Å². The predicted molar refractivity (Wildman–Crippen MR) is 74.3 cm³/mol. The lowest BCUT2D eigenvalue weighted by molar-refractivity contribution is 0.0993. The minimum atomic E-state index is -0.782. The molecule has 2 aromatic rings. The summed E-state index contributed by atoms with van der Waals surface area (Å²) in [6, 6.07) is 5.23. The average molecular weight is 273 g/mol. The Hall–Kier alpha value is -2.47. The van der Waals surface area contributed by atoms with Crippen LogP contribution in [0.15, 0.2) is 29.2 Å². The predicted octanol–water partition coefficient (Wildman–Crippen LogP) is 0.991. The minimum absolute atomic E-state index is 0.0851. The molecule has 0 saturated carbocycles. The number of rotatable bonds is 4. The number of carbonyl (C=O) groups excluding carboxylic acids is 1. The second-order valence-electron chi connectivity index (χ2n) is 4.32. The number of primary amides is 1. The quantitative estimate of drug-likeness (QED) is 0.867. The van der Waals surface area contributed by atoms with Crippen molar-refractivity contribution in [3.8, 4) is 11.3 Å². The van der Waals surface area contributed by atoms with E-state index in [1.165, 1.54) is 7.11 Å². The van der Waals surface area contributed by atoms with Crippen molar-refractivity contribution in [1.82, 2.24) is 9.97 Å². The third-order valence-corrected chi connectivity index (χ3v) is 2.93. The van der Waals surface area contributed by atoms with Gasteiger partial charge < -0.3 is 15.5 Å². The Balaban J connectivity index is 2.75. The van der Waals surface area contributed by atoms with Crippen molar-refractivity contribution in [3.05, 3.63) is 51.6 Å². The summed E-state index contributed by atoms with van der Waals surface area (Å²) in [5.74, 6) is -0.782. The first-order chi connectivity index (χ1) is 9.56. The Labute approximate surface area is 115 Å². The smallest absolute Gasteiger partial charge is 0.254 e. The molecular weight excluding hydrogens is 258 g/mol. The Kier molecular flexibility index (Phi) is 3.95. The van der Waals surface area contributed by atoms with Crippen LogP contribution >= 0.6 is 0 Å². The number of nitrogens with zero attached hydrogens (tertiary/aromatic N) is 1. The standard InChI is InChI=1S/C14H15N3O3/c1-8-11(9-5-3-4-6-16-9)13(18)12(14(15)19)10(17-8)7-20-2/h3-6H,7H2,1-2H3,(H2,15,19)(H,17,18). The van der Waals surface area contributed by atoms with E-state index in [9.17, 15) is 9.59 Å². The van der Waals surface area contributed by atoms with Gasteiger partial charge in [-0.05, 0) is 19.1 Å². The third kappa shape index (κ3) is 2.46. The number of H-pyrrole nitrogens is 1. The van der Waals surface area contributed by atoms with Crippen molar-refractivity contribution in [2.75, 3.05) is 7.11 Å². The van der Waals surface area contributed by atoms with Crippen LogP contribution < -0.4 is 11.2 Å². The number of aryl methyl sites for hydroxylation is 1. The highest BCUT2D eigenvalue weighted by atomic mass is 16.5. The van der Waals surface area contributed by atoms with Crippen LogP contribution in [0.1, 0.15) is 21.7 Å². The summed E-state index contributed by atoms with van der Waals surface area (Å²) in [7, 11) is 1.48. The van der Waals surface area contributed by atoms with Crippen molar-refractivity contribution >= 4 is 5.91 Å². The zero-order valence-electron chi connectivity index (χ0n) is 11.3. The normalized spacial score (nSPS) is 10.5. The molecule has 2 aromatic heterocycles. The van der Waals surface area contributed by atoms with Crippen molar-refractivity contribution < 1.29 is 9.53 Å². The Morgan fingerprint density at radius 3 is 2.75 bits per heavy atom. The maximum Gasteiger partial charge on any atom is 0.254 e. The molecule has 20 heavy (non-hydrogen) atoms. The number of methoxy groups -OCH3 is 1. The molecule has 0 bridgehead atoms. The fourth-order valence-corrected chi connectivity index (χ4v) is 2.12. The van der Waals surface area contributed by atoms with Crippen molar-refractivity contribution in [2.45, 2.75) is 13.5 Å². The summed E-state index contributed by atoms with van der Waals surface area (Å²) in [6.45, 7) is 1.85. The van der Waals surface area contributed by atoms with Crippen LogP contribution in [-0.4, -0.2) is 23.0 Å². The van der Waals surface area contributed by atoms with Gasteiger partial charge in [-0.25, -0.2) is 0 Å². The van der Waals surface area contributed by atoms with Crippen LogP contribution in [0.5, 0.6) is 0 Å². The van der Waals surface area contributed by atoms with E-state index >= 15 is 0 Å². The largest absolute Gasteiger partial charge is 0.378 e. The van der Waals surface area contributed by atoms with E-state index in [2.05, 4.69) is 9.97 Å². The molecule has 0 fully saturated rings. The molecule has 0 atom stereocenters. The molecule has 104 valence electrons. The molecule has 2 rings (SSSR count). The summed E-state index contributed by atoms with van der Waals surface area (Å²) < 4.78 is 4.98. The highest BCUT2D eigenvalue weighted by molar-refractivity contribution is 5.95. The molecule has 6 nitrogen and oxygen atoms in total. The van der Waals surface area contributed by atoms with E-state index in [1.807, 2.05) is 0 Å². The number of amides is 1. The molecule has 0 radical (unpaired) electrons. The van der Waals surface area contributed by atoms with Gasteiger partial charge in [-0.15, -0.1) is 0 Å². The van der Waals surface area contributed by atoms with E-state index in [0.29, 0.717) is 22.6 Å². The zero-order chi connectivity index (χ0) is 14.7. The van der Waals surface area contributed by atoms with Gasteiger partial charge in [-0.3, -0.25) is 14.6 Å². The lowest BCUT2D eigenvalue weighted by Crippen LogP contribution is -2.27. The number of pyridine rings is 2. The highest BCUT2D eigenvalue weighted by Gasteiger charge is 2.20. The number of hydrogen-bond donors (Lipinski definition) is 2. The summed E-state index contributed by atoms with van der Waals surface area (Å²) in [6.07, 6.45) is 1.58. The molecule has 1 amide bonds. The average Bonchev–Trinajstić information content (AvgIpc) is 2.39. The molecule has 3 N–H and O–H groups in total. The van der Waals surface area contributed by atoms with Gasteiger partial charge in [0, 0.05) is 19.0 Å². The molecule has 0 saturated heterocycles. The monoisotopic (exact) mass is 273 g/mol. The maximum atomic E-state index is 12.5. The molecule has 0 aromatic carbocycles. The van der Waals surface area contributed by atoms with Gasteiger partial charge in [0.15, 0.2) is 0 Å². The number of hydrogen-bond acceptors (Lipinski definition) is 4.